The first-order valence-electron chi connectivity index (χ1n) is 11.5. The van der Waals surface area contributed by atoms with Crippen LogP contribution in [0.25, 0.3) is 10.9 Å². The van der Waals surface area contributed by atoms with E-state index in [-0.39, 0.29) is 18.1 Å². The molecular formula is C23H24F3IN6O2. The van der Waals surface area contributed by atoms with Crippen LogP contribution in [0.15, 0.2) is 30.6 Å². The molecule has 2 fully saturated rings. The molecule has 12 heteroatoms. The van der Waals surface area contributed by atoms with Crippen LogP contribution in [0, 0.1) is 3.57 Å². The Bertz CT molecular complexity index is 1180. The molecule has 1 aliphatic carbocycles. The van der Waals surface area contributed by atoms with E-state index in [1.54, 1.807) is 0 Å². The Labute approximate surface area is 213 Å². The number of anilines is 2. The molecule has 8 nitrogen and oxygen atoms in total. The van der Waals surface area contributed by atoms with Gasteiger partial charge >= 0.3 is 6.18 Å². The second kappa shape index (κ2) is 10.2. The number of hydrogen-bond donors (Lipinski definition) is 1. The molecule has 0 radical (unpaired) electrons. The van der Waals surface area contributed by atoms with Gasteiger partial charge in [0, 0.05) is 41.2 Å². The van der Waals surface area contributed by atoms with Crippen LogP contribution in [0.4, 0.5) is 24.9 Å². The van der Waals surface area contributed by atoms with Crippen molar-refractivity contribution in [3.8, 4) is 5.88 Å². The zero-order chi connectivity index (χ0) is 24.4. The lowest BCUT2D eigenvalue weighted by Crippen LogP contribution is -2.37. The average molecular weight is 600 g/mol. The van der Waals surface area contributed by atoms with Crippen molar-refractivity contribution in [1.29, 1.82) is 0 Å². The second-order valence-corrected chi connectivity index (χ2v) is 9.85. The molecular weight excluding hydrogens is 576 g/mol. The van der Waals surface area contributed by atoms with E-state index >= 15 is 0 Å². The Kier molecular flexibility index (Phi) is 7.09. The number of halogens is 4. The van der Waals surface area contributed by atoms with Gasteiger partial charge in [0.15, 0.2) is 0 Å². The fraction of sp³-hybridized carbons (Fsp3) is 0.478. The van der Waals surface area contributed by atoms with Crippen LogP contribution < -0.4 is 15.0 Å². The maximum absolute atomic E-state index is 12.9. The van der Waals surface area contributed by atoms with Gasteiger partial charge in [-0.15, -0.1) is 0 Å². The number of fused-ring (bicyclic) bond motifs is 1. The van der Waals surface area contributed by atoms with E-state index in [4.69, 9.17) is 14.5 Å². The number of hydrogen-bond acceptors (Lipinski definition) is 8. The molecule has 0 aromatic carbocycles. The molecule has 4 heterocycles. The molecule has 186 valence electrons. The quantitative estimate of drug-likeness (QED) is 0.423. The summed E-state index contributed by atoms with van der Waals surface area (Å²) in [6.45, 7) is 2.83. The van der Waals surface area contributed by atoms with Crippen LogP contribution in [0.5, 0.6) is 5.88 Å². The fourth-order valence-corrected chi connectivity index (χ4v) is 4.80. The van der Waals surface area contributed by atoms with Gasteiger partial charge in [0.25, 0.3) is 0 Å². The number of alkyl halides is 3. The van der Waals surface area contributed by atoms with Crippen molar-refractivity contribution in [1.82, 2.24) is 19.9 Å². The molecule has 1 N–H and O–H groups in total. The molecule has 1 saturated heterocycles. The van der Waals surface area contributed by atoms with Crippen LogP contribution in [-0.4, -0.2) is 58.4 Å². The van der Waals surface area contributed by atoms with Gasteiger partial charge in [-0.3, -0.25) is 4.98 Å². The van der Waals surface area contributed by atoms with Gasteiger partial charge in [0.05, 0.1) is 24.1 Å². The van der Waals surface area contributed by atoms with Gasteiger partial charge in [-0.25, -0.2) is 9.97 Å². The van der Waals surface area contributed by atoms with Crippen molar-refractivity contribution < 1.29 is 22.6 Å². The number of morpholine rings is 1. The standard InChI is InChI=1S/C23H24F3IN6O2/c24-23(25,26)19-5-6-28-22(31-19)30-15-1-3-16(4-2-15)35-21-17-11-14(27)13-29-18(17)12-20(32-21)33-7-9-34-10-8-33/h5-6,11-13,15-16H,1-4,7-10H2,(H,28,30,31). The normalized spacial score (nSPS) is 21.2. The molecule has 0 amide bonds. The monoisotopic (exact) mass is 600 g/mol. The van der Waals surface area contributed by atoms with Gasteiger partial charge in [-0.1, -0.05) is 0 Å². The fourth-order valence-electron chi connectivity index (χ4n) is 4.35. The number of aromatic nitrogens is 4. The smallest absolute Gasteiger partial charge is 0.433 e. The number of ether oxygens (including phenoxy) is 2. The highest BCUT2D eigenvalue weighted by Crippen LogP contribution is 2.33. The number of nitrogens with one attached hydrogen (secondary N) is 1. The molecule has 3 aromatic heterocycles. The van der Waals surface area contributed by atoms with Gasteiger partial charge in [0.1, 0.15) is 17.6 Å². The lowest BCUT2D eigenvalue weighted by molar-refractivity contribution is -0.141. The molecule has 2 aliphatic rings. The third-order valence-electron chi connectivity index (χ3n) is 6.16. The van der Waals surface area contributed by atoms with Crippen LogP contribution >= 0.6 is 22.6 Å². The molecule has 1 aliphatic heterocycles. The molecule has 0 spiro atoms. The summed E-state index contributed by atoms with van der Waals surface area (Å²) in [6.07, 6.45) is 1.32. The minimum Gasteiger partial charge on any atom is -0.474 e. The van der Waals surface area contributed by atoms with Crippen molar-refractivity contribution in [3.05, 3.63) is 39.9 Å². The zero-order valence-corrected chi connectivity index (χ0v) is 20.9. The van der Waals surface area contributed by atoms with Crippen LogP contribution in [0.1, 0.15) is 31.4 Å². The molecule has 0 atom stereocenters. The summed E-state index contributed by atoms with van der Waals surface area (Å²) in [7, 11) is 0. The number of pyridine rings is 2. The molecule has 0 unspecified atom stereocenters. The summed E-state index contributed by atoms with van der Waals surface area (Å²) >= 11 is 2.22. The van der Waals surface area contributed by atoms with Gasteiger partial charge in [0.2, 0.25) is 11.8 Å². The van der Waals surface area contributed by atoms with Crippen molar-refractivity contribution in [2.45, 2.75) is 44.0 Å². The summed E-state index contributed by atoms with van der Waals surface area (Å²) in [5.41, 5.74) is -0.123. The molecule has 3 aromatic rings. The predicted octanol–water partition coefficient (Wildman–Crippen LogP) is 4.68. The number of nitrogens with zero attached hydrogens (tertiary/aromatic N) is 5. The van der Waals surface area contributed by atoms with Gasteiger partial charge < -0.3 is 19.7 Å². The Morgan fingerprint density at radius 1 is 1.06 bits per heavy atom. The minimum atomic E-state index is -4.50. The SMILES string of the molecule is FC(F)(F)c1ccnc(NC2CCC(Oc3nc(N4CCOCC4)cc4ncc(I)cc34)CC2)n1. The molecule has 0 bridgehead atoms. The second-order valence-electron chi connectivity index (χ2n) is 8.60. The van der Waals surface area contributed by atoms with Crippen molar-refractivity contribution in [3.63, 3.8) is 0 Å². The van der Waals surface area contributed by atoms with Gasteiger partial charge in [-0.2, -0.15) is 18.2 Å². The summed E-state index contributed by atoms with van der Waals surface area (Å²) in [5, 5.41) is 3.91. The Morgan fingerprint density at radius 3 is 2.57 bits per heavy atom. The van der Waals surface area contributed by atoms with E-state index in [0.29, 0.717) is 19.1 Å². The van der Waals surface area contributed by atoms with Crippen molar-refractivity contribution in [2.75, 3.05) is 36.5 Å². The van der Waals surface area contributed by atoms with E-state index in [9.17, 15) is 13.2 Å². The van der Waals surface area contributed by atoms with Gasteiger partial charge in [-0.05, 0) is 60.4 Å². The Hall–Kier alpha value is -2.48. The van der Waals surface area contributed by atoms with Crippen LogP contribution in [0.2, 0.25) is 0 Å². The van der Waals surface area contributed by atoms with Crippen molar-refractivity contribution in [2.24, 2.45) is 0 Å². The lowest BCUT2D eigenvalue weighted by atomic mass is 9.93. The van der Waals surface area contributed by atoms with E-state index in [2.05, 4.69) is 47.8 Å². The minimum absolute atomic E-state index is 0.00397. The lowest BCUT2D eigenvalue weighted by Gasteiger charge is -2.31. The average Bonchev–Trinajstić information content (AvgIpc) is 2.85. The maximum Gasteiger partial charge on any atom is 0.433 e. The third-order valence-corrected chi connectivity index (χ3v) is 6.75. The highest BCUT2D eigenvalue weighted by molar-refractivity contribution is 14.1. The largest absolute Gasteiger partial charge is 0.474 e. The van der Waals surface area contributed by atoms with E-state index in [1.807, 2.05) is 18.3 Å². The first kappa shape index (κ1) is 24.2. The highest BCUT2D eigenvalue weighted by Gasteiger charge is 2.33. The molecule has 5 rings (SSSR count). The van der Waals surface area contributed by atoms with E-state index in [1.165, 1.54) is 0 Å². The van der Waals surface area contributed by atoms with E-state index in [0.717, 1.165) is 71.3 Å². The summed E-state index contributed by atoms with van der Waals surface area (Å²) in [5.74, 6) is 1.38. The van der Waals surface area contributed by atoms with Crippen LogP contribution in [-0.2, 0) is 10.9 Å². The van der Waals surface area contributed by atoms with Crippen LogP contribution in [0.3, 0.4) is 0 Å². The predicted molar refractivity (Wildman–Crippen MR) is 133 cm³/mol. The number of rotatable bonds is 5. The first-order valence-corrected chi connectivity index (χ1v) is 12.6. The van der Waals surface area contributed by atoms with Crippen molar-refractivity contribution >= 4 is 45.3 Å². The Morgan fingerprint density at radius 2 is 1.83 bits per heavy atom. The molecule has 35 heavy (non-hydrogen) atoms. The zero-order valence-electron chi connectivity index (χ0n) is 18.8. The Balaban J connectivity index is 1.27. The maximum atomic E-state index is 12.9. The highest BCUT2D eigenvalue weighted by atomic mass is 127. The summed E-state index contributed by atoms with van der Waals surface area (Å²) in [4.78, 5) is 19.2. The summed E-state index contributed by atoms with van der Waals surface area (Å²) < 4.78 is 51.7. The third kappa shape index (κ3) is 5.85. The topological polar surface area (TPSA) is 85.3 Å². The first-order chi connectivity index (χ1) is 16.8. The molecule has 1 saturated carbocycles. The van der Waals surface area contributed by atoms with E-state index < -0.39 is 11.9 Å². The summed E-state index contributed by atoms with van der Waals surface area (Å²) in [6, 6.07) is 4.85.